The molecular weight excluding hydrogens is 151 g/mol. The minimum Gasteiger partial charge on any atom is -0.384 e. The first-order valence-electron chi connectivity index (χ1n) is 3.13. The number of rotatable bonds is 3. The second-order valence-electron chi connectivity index (χ2n) is 2.04. The molecule has 2 heteroatoms. The molecule has 1 aromatic rings. The van der Waals surface area contributed by atoms with Crippen LogP contribution >= 0.6 is 0 Å². The molecule has 0 aliphatic heterocycles. The fourth-order valence-corrected chi connectivity index (χ4v) is 0.800. The van der Waals surface area contributed by atoms with Gasteiger partial charge >= 0.3 is 51.4 Å². The van der Waals surface area contributed by atoms with Gasteiger partial charge in [-0.15, -0.1) is 0 Å². The standard InChI is InChI=1S/C8H11O.K/c1-9-7-6-8-4-2-3-5-8;/h2-5H,6-7H2,1H3;/q-1;+1. The molecule has 0 bridgehead atoms. The van der Waals surface area contributed by atoms with Gasteiger partial charge in [-0.05, 0) is 6.42 Å². The molecule has 1 aromatic carbocycles. The molecule has 0 spiro atoms. The molecule has 0 atom stereocenters. The average molecular weight is 162 g/mol. The van der Waals surface area contributed by atoms with E-state index in [0.29, 0.717) is 0 Å². The molecule has 0 saturated heterocycles. The van der Waals surface area contributed by atoms with Crippen LogP contribution < -0.4 is 51.4 Å². The summed E-state index contributed by atoms with van der Waals surface area (Å²) in [5.74, 6) is 0. The van der Waals surface area contributed by atoms with E-state index >= 15 is 0 Å². The molecule has 1 nitrogen and oxygen atoms in total. The molecule has 0 aromatic heterocycles. The Bertz CT molecular complexity index is 146. The average Bonchev–Trinajstić information content (AvgIpc) is 2.34. The molecule has 0 radical (unpaired) electrons. The van der Waals surface area contributed by atoms with Crippen LogP contribution in [0.25, 0.3) is 0 Å². The van der Waals surface area contributed by atoms with Crippen molar-refractivity contribution in [1.29, 1.82) is 0 Å². The molecule has 0 saturated carbocycles. The monoisotopic (exact) mass is 162 g/mol. The van der Waals surface area contributed by atoms with Crippen molar-refractivity contribution in [2.24, 2.45) is 0 Å². The molecule has 0 N–H and O–H groups in total. The molecular formula is C8H11KO. The summed E-state index contributed by atoms with van der Waals surface area (Å²) in [6.07, 6.45) is 1.03. The van der Waals surface area contributed by atoms with Crippen molar-refractivity contribution < 1.29 is 56.1 Å². The van der Waals surface area contributed by atoms with E-state index in [2.05, 4.69) is 12.1 Å². The van der Waals surface area contributed by atoms with Gasteiger partial charge in [0.05, 0.1) is 0 Å². The fourth-order valence-electron chi connectivity index (χ4n) is 0.800. The van der Waals surface area contributed by atoms with E-state index in [-0.39, 0.29) is 51.4 Å². The van der Waals surface area contributed by atoms with E-state index < -0.39 is 0 Å². The van der Waals surface area contributed by atoms with Crippen LogP contribution in [0, 0.1) is 0 Å². The first-order valence-corrected chi connectivity index (χ1v) is 3.13. The van der Waals surface area contributed by atoms with Crippen LogP contribution in [0.4, 0.5) is 0 Å². The SMILES string of the molecule is COCCc1ccc[cH-]1.[K+]. The van der Waals surface area contributed by atoms with Crippen molar-refractivity contribution >= 4 is 0 Å². The van der Waals surface area contributed by atoms with Gasteiger partial charge in [-0.1, -0.05) is 0 Å². The van der Waals surface area contributed by atoms with Gasteiger partial charge < -0.3 is 4.74 Å². The first-order chi connectivity index (χ1) is 4.43. The van der Waals surface area contributed by atoms with E-state index in [1.54, 1.807) is 7.11 Å². The largest absolute Gasteiger partial charge is 1.00 e. The Labute approximate surface area is 105 Å². The van der Waals surface area contributed by atoms with Crippen molar-refractivity contribution in [3.8, 4) is 0 Å². The van der Waals surface area contributed by atoms with Gasteiger partial charge in [0.25, 0.3) is 0 Å². The van der Waals surface area contributed by atoms with E-state index in [1.807, 2.05) is 12.1 Å². The number of methoxy groups -OCH3 is 1. The third kappa shape index (κ3) is 3.96. The maximum absolute atomic E-state index is 4.92. The summed E-state index contributed by atoms with van der Waals surface area (Å²) in [5.41, 5.74) is 1.36. The Morgan fingerprint density at radius 2 is 2.40 bits per heavy atom. The summed E-state index contributed by atoms with van der Waals surface area (Å²) in [6, 6.07) is 8.31. The third-order valence-electron chi connectivity index (χ3n) is 1.33. The minimum atomic E-state index is 0. The molecule has 0 unspecified atom stereocenters. The Morgan fingerprint density at radius 1 is 1.60 bits per heavy atom. The van der Waals surface area contributed by atoms with Crippen LogP contribution in [0.1, 0.15) is 5.56 Å². The van der Waals surface area contributed by atoms with Crippen LogP contribution in [-0.2, 0) is 11.2 Å². The van der Waals surface area contributed by atoms with Crippen molar-refractivity contribution in [2.75, 3.05) is 13.7 Å². The van der Waals surface area contributed by atoms with Gasteiger partial charge in [0, 0.05) is 13.7 Å². The summed E-state index contributed by atoms with van der Waals surface area (Å²) in [4.78, 5) is 0. The Morgan fingerprint density at radius 3 is 2.90 bits per heavy atom. The minimum absolute atomic E-state index is 0. The molecule has 0 aliphatic rings. The Kier molecular flexibility index (Phi) is 7.27. The zero-order valence-electron chi connectivity index (χ0n) is 6.63. The Hall–Kier alpha value is 0.946. The van der Waals surface area contributed by atoms with Crippen molar-refractivity contribution in [1.82, 2.24) is 0 Å². The van der Waals surface area contributed by atoms with Gasteiger partial charge in [-0.2, -0.15) is 17.7 Å². The molecule has 50 valence electrons. The first kappa shape index (κ1) is 10.9. The third-order valence-corrected chi connectivity index (χ3v) is 1.33. The molecule has 0 aliphatic carbocycles. The number of ether oxygens (including phenoxy) is 1. The van der Waals surface area contributed by atoms with Gasteiger partial charge in [-0.25, -0.2) is 12.1 Å². The summed E-state index contributed by atoms with van der Waals surface area (Å²) in [5, 5.41) is 0. The summed E-state index contributed by atoms with van der Waals surface area (Å²) >= 11 is 0. The molecule has 0 fully saturated rings. The zero-order valence-corrected chi connectivity index (χ0v) is 9.75. The number of hydrogen-bond donors (Lipinski definition) is 0. The van der Waals surface area contributed by atoms with Crippen molar-refractivity contribution in [3.05, 3.63) is 29.8 Å². The second-order valence-corrected chi connectivity index (χ2v) is 2.04. The quantitative estimate of drug-likeness (QED) is 0.392. The molecule has 0 heterocycles. The second kappa shape index (κ2) is 6.64. The van der Waals surface area contributed by atoms with Crippen LogP contribution in [0.2, 0.25) is 0 Å². The van der Waals surface area contributed by atoms with Crippen LogP contribution in [-0.4, -0.2) is 13.7 Å². The smallest absolute Gasteiger partial charge is 0.384 e. The molecule has 10 heavy (non-hydrogen) atoms. The molecule has 1 rings (SSSR count). The van der Waals surface area contributed by atoms with Crippen molar-refractivity contribution in [2.45, 2.75) is 6.42 Å². The topological polar surface area (TPSA) is 9.23 Å². The van der Waals surface area contributed by atoms with E-state index in [4.69, 9.17) is 4.74 Å². The number of hydrogen-bond acceptors (Lipinski definition) is 1. The summed E-state index contributed by atoms with van der Waals surface area (Å²) in [7, 11) is 1.73. The van der Waals surface area contributed by atoms with Gasteiger partial charge in [0.1, 0.15) is 0 Å². The summed E-state index contributed by atoms with van der Waals surface area (Å²) in [6.45, 7) is 0.823. The van der Waals surface area contributed by atoms with E-state index in [0.717, 1.165) is 13.0 Å². The van der Waals surface area contributed by atoms with Crippen molar-refractivity contribution in [3.63, 3.8) is 0 Å². The molecule has 0 amide bonds. The maximum Gasteiger partial charge on any atom is 1.00 e. The fraction of sp³-hybridized carbons (Fsp3) is 0.375. The van der Waals surface area contributed by atoms with Gasteiger partial charge in [0.15, 0.2) is 0 Å². The van der Waals surface area contributed by atoms with Gasteiger partial charge in [-0.3, -0.25) is 0 Å². The van der Waals surface area contributed by atoms with Gasteiger partial charge in [0.2, 0.25) is 0 Å². The normalized spacial score (nSPS) is 8.90. The van der Waals surface area contributed by atoms with Crippen LogP contribution in [0.15, 0.2) is 24.3 Å². The predicted octanol–water partition coefficient (Wildman–Crippen LogP) is -1.40. The van der Waals surface area contributed by atoms with Crippen LogP contribution in [0.3, 0.4) is 0 Å². The van der Waals surface area contributed by atoms with E-state index in [9.17, 15) is 0 Å². The predicted molar refractivity (Wildman–Crippen MR) is 37.6 cm³/mol. The maximum atomic E-state index is 4.92. The van der Waals surface area contributed by atoms with Crippen LogP contribution in [0.5, 0.6) is 0 Å². The summed E-state index contributed by atoms with van der Waals surface area (Å²) < 4.78 is 4.92. The Balaban J connectivity index is 0.000000810. The van der Waals surface area contributed by atoms with E-state index in [1.165, 1.54) is 5.56 Å². The zero-order chi connectivity index (χ0) is 6.53.